The first kappa shape index (κ1) is 13.5. The number of carbonyl (C=O) groups is 2. The summed E-state index contributed by atoms with van der Waals surface area (Å²) in [5.74, 6) is 1.18. The van der Waals surface area contributed by atoms with Crippen LogP contribution in [0.4, 0.5) is 4.79 Å². The van der Waals surface area contributed by atoms with E-state index in [0.29, 0.717) is 12.8 Å². The van der Waals surface area contributed by atoms with E-state index in [1.54, 1.807) is 0 Å². The summed E-state index contributed by atoms with van der Waals surface area (Å²) >= 11 is 1.93. The van der Waals surface area contributed by atoms with Crippen molar-refractivity contribution in [1.29, 1.82) is 0 Å². The van der Waals surface area contributed by atoms with Gasteiger partial charge in [0, 0.05) is 12.1 Å². The maximum atomic E-state index is 11.8. The van der Waals surface area contributed by atoms with E-state index in [1.807, 2.05) is 11.8 Å². The number of carboxylic acid groups (broad SMARTS) is 1. The van der Waals surface area contributed by atoms with Crippen LogP contribution >= 0.6 is 11.8 Å². The summed E-state index contributed by atoms with van der Waals surface area (Å²) < 4.78 is 0. The Morgan fingerprint density at radius 1 is 1.00 bits per heavy atom. The first-order valence-corrected chi connectivity index (χ1v) is 7.68. The first-order valence-electron chi connectivity index (χ1n) is 6.52. The quantitative estimate of drug-likeness (QED) is 0.726. The summed E-state index contributed by atoms with van der Waals surface area (Å²) in [4.78, 5) is 22.6. The van der Waals surface area contributed by atoms with Crippen LogP contribution in [0, 0.1) is 5.92 Å². The molecule has 1 saturated heterocycles. The van der Waals surface area contributed by atoms with E-state index in [9.17, 15) is 9.59 Å². The fourth-order valence-corrected chi connectivity index (χ4v) is 3.70. The molecule has 0 aromatic heterocycles. The van der Waals surface area contributed by atoms with Crippen molar-refractivity contribution in [3.05, 3.63) is 0 Å². The van der Waals surface area contributed by atoms with E-state index in [2.05, 4.69) is 10.6 Å². The Morgan fingerprint density at radius 2 is 1.67 bits per heavy atom. The molecule has 0 aromatic carbocycles. The van der Waals surface area contributed by atoms with Crippen molar-refractivity contribution in [3.8, 4) is 0 Å². The van der Waals surface area contributed by atoms with Crippen molar-refractivity contribution in [1.82, 2.24) is 10.6 Å². The van der Waals surface area contributed by atoms with Crippen molar-refractivity contribution in [2.75, 3.05) is 11.5 Å². The third kappa shape index (κ3) is 3.80. The SMILES string of the molecule is O=C(NC1CCSCC1)N[C@H]1CC[C@@H](C(=O)O)C1. The van der Waals surface area contributed by atoms with Crippen LogP contribution in [0.1, 0.15) is 32.1 Å². The summed E-state index contributed by atoms with van der Waals surface area (Å²) in [5, 5.41) is 14.8. The number of amides is 2. The van der Waals surface area contributed by atoms with Crippen molar-refractivity contribution in [2.45, 2.75) is 44.2 Å². The molecule has 3 N–H and O–H groups in total. The van der Waals surface area contributed by atoms with Crippen LogP contribution in [0.5, 0.6) is 0 Å². The van der Waals surface area contributed by atoms with Gasteiger partial charge in [0.2, 0.25) is 0 Å². The maximum absolute atomic E-state index is 11.8. The van der Waals surface area contributed by atoms with E-state index >= 15 is 0 Å². The Bertz CT molecular complexity index is 318. The minimum atomic E-state index is -0.746. The van der Waals surface area contributed by atoms with E-state index in [0.717, 1.165) is 30.8 Å². The lowest BCUT2D eigenvalue weighted by Gasteiger charge is -2.23. The molecule has 0 aromatic rings. The molecule has 0 bridgehead atoms. The van der Waals surface area contributed by atoms with E-state index in [-0.39, 0.29) is 24.0 Å². The Morgan fingerprint density at radius 3 is 2.28 bits per heavy atom. The zero-order valence-electron chi connectivity index (χ0n) is 10.4. The van der Waals surface area contributed by atoms with Crippen LogP contribution in [0.2, 0.25) is 0 Å². The summed E-state index contributed by atoms with van der Waals surface area (Å²) in [5.41, 5.74) is 0. The lowest BCUT2D eigenvalue weighted by Crippen LogP contribution is -2.46. The second-order valence-corrected chi connectivity index (χ2v) is 6.27. The van der Waals surface area contributed by atoms with Gasteiger partial charge in [-0.1, -0.05) is 0 Å². The Labute approximate surface area is 111 Å². The molecule has 102 valence electrons. The molecule has 5 nitrogen and oxygen atoms in total. The third-order valence-corrected chi connectivity index (χ3v) is 4.72. The number of hydrogen-bond donors (Lipinski definition) is 3. The standard InChI is InChI=1S/C12H20N2O3S/c15-11(16)8-1-2-10(7-8)14-12(17)13-9-3-5-18-6-4-9/h8-10H,1-7H2,(H,15,16)(H2,13,14,17)/t8-,10+/m1/s1. The second-order valence-electron chi connectivity index (χ2n) is 5.05. The predicted molar refractivity (Wildman–Crippen MR) is 70.8 cm³/mol. The van der Waals surface area contributed by atoms with Crippen molar-refractivity contribution in [2.24, 2.45) is 5.92 Å². The number of hydrogen-bond acceptors (Lipinski definition) is 3. The Kier molecular flexibility index (Phi) is 4.74. The molecular weight excluding hydrogens is 252 g/mol. The summed E-state index contributed by atoms with van der Waals surface area (Å²) in [7, 11) is 0. The van der Waals surface area contributed by atoms with E-state index < -0.39 is 5.97 Å². The minimum Gasteiger partial charge on any atom is -0.481 e. The molecule has 1 aliphatic heterocycles. The Hall–Kier alpha value is -0.910. The van der Waals surface area contributed by atoms with Gasteiger partial charge >= 0.3 is 12.0 Å². The number of carbonyl (C=O) groups excluding carboxylic acids is 1. The van der Waals surface area contributed by atoms with Crippen LogP contribution in [-0.4, -0.2) is 40.7 Å². The molecule has 1 saturated carbocycles. The van der Waals surface area contributed by atoms with Crippen LogP contribution < -0.4 is 10.6 Å². The molecule has 2 aliphatic rings. The number of carboxylic acids is 1. The monoisotopic (exact) mass is 272 g/mol. The highest BCUT2D eigenvalue weighted by Gasteiger charge is 2.30. The molecule has 2 atom stereocenters. The molecule has 2 rings (SSSR count). The average molecular weight is 272 g/mol. The van der Waals surface area contributed by atoms with Gasteiger partial charge in [-0.3, -0.25) is 4.79 Å². The molecule has 18 heavy (non-hydrogen) atoms. The molecule has 2 fully saturated rings. The largest absolute Gasteiger partial charge is 0.481 e. The normalized spacial score (nSPS) is 28.9. The maximum Gasteiger partial charge on any atom is 0.315 e. The van der Waals surface area contributed by atoms with Gasteiger partial charge in [0.15, 0.2) is 0 Å². The van der Waals surface area contributed by atoms with Gasteiger partial charge in [-0.25, -0.2) is 4.79 Å². The van der Waals surface area contributed by atoms with Gasteiger partial charge < -0.3 is 15.7 Å². The summed E-state index contributed by atoms with van der Waals surface area (Å²) in [6.45, 7) is 0. The number of thioether (sulfide) groups is 1. The highest BCUT2D eigenvalue weighted by Crippen LogP contribution is 2.25. The van der Waals surface area contributed by atoms with Gasteiger partial charge in [0.05, 0.1) is 5.92 Å². The smallest absolute Gasteiger partial charge is 0.315 e. The molecule has 1 aliphatic carbocycles. The Balaban J connectivity index is 1.69. The highest BCUT2D eigenvalue weighted by atomic mass is 32.2. The second kappa shape index (κ2) is 6.31. The van der Waals surface area contributed by atoms with Gasteiger partial charge in [-0.2, -0.15) is 11.8 Å². The number of rotatable bonds is 3. The molecular formula is C12H20N2O3S. The van der Waals surface area contributed by atoms with Crippen molar-refractivity contribution >= 4 is 23.8 Å². The third-order valence-electron chi connectivity index (χ3n) is 3.67. The van der Waals surface area contributed by atoms with Gasteiger partial charge in [0.25, 0.3) is 0 Å². The minimum absolute atomic E-state index is 0.0177. The zero-order chi connectivity index (χ0) is 13.0. The zero-order valence-corrected chi connectivity index (χ0v) is 11.2. The predicted octanol–water partition coefficient (Wildman–Crippen LogP) is 1.43. The number of aliphatic carboxylic acids is 1. The highest BCUT2D eigenvalue weighted by molar-refractivity contribution is 7.99. The molecule has 0 spiro atoms. The van der Waals surface area contributed by atoms with Crippen molar-refractivity contribution < 1.29 is 14.7 Å². The van der Waals surface area contributed by atoms with Gasteiger partial charge in [-0.05, 0) is 43.6 Å². The fraction of sp³-hybridized carbons (Fsp3) is 0.833. The summed E-state index contributed by atoms with van der Waals surface area (Å²) in [6, 6.07) is 0.162. The fourth-order valence-electron chi connectivity index (χ4n) is 2.59. The molecule has 1 heterocycles. The van der Waals surface area contributed by atoms with Gasteiger partial charge in [0.1, 0.15) is 0 Å². The lowest BCUT2D eigenvalue weighted by molar-refractivity contribution is -0.141. The number of urea groups is 1. The average Bonchev–Trinajstić information content (AvgIpc) is 2.78. The van der Waals surface area contributed by atoms with Crippen LogP contribution in [0.3, 0.4) is 0 Å². The first-order chi connectivity index (χ1) is 8.65. The van der Waals surface area contributed by atoms with Crippen LogP contribution in [0.15, 0.2) is 0 Å². The topological polar surface area (TPSA) is 78.4 Å². The van der Waals surface area contributed by atoms with E-state index in [4.69, 9.17) is 5.11 Å². The summed E-state index contributed by atoms with van der Waals surface area (Å²) in [6.07, 6.45) is 4.05. The molecule has 0 radical (unpaired) electrons. The lowest BCUT2D eigenvalue weighted by atomic mass is 10.1. The number of nitrogens with one attached hydrogen (secondary N) is 2. The van der Waals surface area contributed by atoms with Crippen LogP contribution in [-0.2, 0) is 4.79 Å². The van der Waals surface area contributed by atoms with Crippen LogP contribution in [0.25, 0.3) is 0 Å². The molecule has 6 heteroatoms. The molecule has 2 amide bonds. The van der Waals surface area contributed by atoms with Crippen molar-refractivity contribution in [3.63, 3.8) is 0 Å². The molecule has 0 unspecified atom stereocenters. The van der Waals surface area contributed by atoms with E-state index in [1.165, 1.54) is 0 Å². The van der Waals surface area contributed by atoms with Gasteiger partial charge in [-0.15, -0.1) is 0 Å².